The van der Waals surface area contributed by atoms with Crippen molar-refractivity contribution in [3.8, 4) is 0 Å². The van der Waals surface area contributed by atoms with Crippen LogP contribution in [0.3, 0.4) is 0 Å². The summed E-state index contributed by atoms with van der Waals surface area (Å²) < 4.78 is 13.7. The second-order valence-corrected chi connectivity index (χ2v) is 4.51. The molecule has 0 radical (unpaired) electrons. The Morgan fingerprint density at radius 1 is 1.37 bits per heavy atom. The molecule has 4 heteroatoms. The molecule has 1 unspecified atom stereocenters. The molecule has 0 amide bonds. The summed E-state index contributed by atoms with van der Waals surface area (Å²) in [5.74, 6) is 5.41. The zero-order valence-corrected chi connectivity index (χ0v) is 11.2. The Morgan fingerprint density at radius 2 is 2.16 bits per heavy atom. The van der Waals surface area contributed by atoms with Gasteiger partial charge in [-0.2, -0.15) is 0 Å². The standard InChI is InChI=1S/C15H18FN3/c1-3-11-5-4-8-18-14(11)15(19-17)12-7-6-10(2)13(16)9-12/h4-9,15,19H,3,17H2,1-2H3. The van der Waals surface area contributed by atoms with Gasteiger partial charge in [0.1, 0.15) is 5.82 Å². The molecule has 1 aromatic carbocycles. The smallest absolute Gasteiger partial charge is 0.126 e. The van der Waals surface area contributed by atoms with Crippen LogP contribution < -0.4 is 11.3 Å². The average Bonchev–Trinajstić information content (AvgIpc) is 2.44. The fraction of sp³-hybridized carbons (Fsp3) is 0.267. The third kappa shape index (κ3) is 2.80. The summed E-state index contributed by atoms with van der Waals surface area (Å²) in [5.41, 5.74) is 6.07. The van der Waals surface area contributed by atoms with E-state index in [1.807, 2.05) is 18.2 Å². The van der Waals surface area contributed by atoms with E-state index in [1.54, 1.807) is 19.2 Å². The lowest BCUT2D eigenvalue weighted by Gasteiger charge is -2.19. The van der Waals surface area contributed by atoms with Gasteiger partial charge in [-0.15, -0.1) is 0 Å². The van der Waals surface area contributed by atoms with Gasteiger partial charge in [0.2, 0.25) is 0 Å². The molecule has 0 bridgehead atoms. The number of hydrazine groups is 1. The van der Waals surface area contributed by atoms with Crippen LogP contribution in [0, 0.1) is 12.7 Å². The van der Waals surface area contributed by atoms with E-state index in [2.05, 4.69) is 17.3 Å². The molecule has 0 aliphatic heterocycles. The van der Waals surface area contributed by atoms with E-state index >= 15 is 0 Å². The number of hydrogen-bond acceptors (Lipinski definition) is 3. The average molecular weight is 259 g/mol. The van der Waals surface area contributed by atoms with Gasteiger partial charge in [0, 0.05) is 6.20 Å². The summed E-state index contributed by atoms with van der Waals surface area (Å²) >= 11 is 0. The summed E-state index contributed by atoms with van der Waals surface area (Å²) in [7, 11) is 0. The predicted octanol–water partition coefficient (Wildman–Crippen LogP) is 2.64. The number of rotatable bonds is 4. The van der Waals surface area contributed by atoms with Crippen molar-refractivity contribution in [1.29, 1.82) is 0 Å². The van der Waals surface area contributed by atoms with Crippen molar-refractivity contribution in [2.24, 2.45) is 5.84 Å². The normalized spacial score (nSPS) is 12.4. The minimum Gasteiger partial charge on any atom is -0.271 e. The Hall–Kier alpha value is -1.78. The maximum Gasteiger partial charge on any atom is 0.126 e. The highest BCUT2D eigenvalue weighted by atomic mass is 19.1. The van der Waals surface area contributed by atoms with Gasteiger partial charge >= 0.3 is 0 Å². The van der Waals surface area contributed by atoms with Crippen LogP contribution in [0.1, 0.15) is 35.3 Å². The first kappa shape index (κ1) is 13.6. The minimum absolute atomic E-state index is 0.230. The number of nitrogens with zero attached hydrogens (tertiary/aromatic N) is 1. The van der Waals surface area contributed by atoms with Gasteiger partial charge < -0.3 is 0 Å². The second-order valence-electron chi connectivity index (χ2n) is 4.51. The zero-order valence-electron chi connectivity index (χ0n) is 11.2. The first-order chi connectivity index (χ1) is 9.17. The fourth-order valence-corrected chi connectivity index (χ4v) is 2.13. The third-order valence-corrected chi connectivity index (χ3v) is 3.28. The number of aromatic nitrogens is 1. The molecule has 2 aromatic rings. The highest BCUT2D eigenvalue weighted by Crippen LogP contribution is 2.24. The summed E-state index contributed by atoms with van der Waals surface area (Å²) in [6.07, 6.45) is 2.58. The fourth-order valence-electron chi connectivity index (χ4n) is 2.13. The van der Waals surface area contributed by atoms with E-state index in [1.165, 1.54) is 6.07 Å². The first-order valence-electron chi connectivity index (χ1n) is 6.33. The Labute approximate surface area is 112 Å². The van der Waals surface area contributed by atoms with Crippen LogP contribution >= 0.6 is 0 Å². The summed E-state index contributed by atoms with van der Waals surface area (Å²) in [6, 6.07) is 8.74. The summed E-state index contributed by atoms with van der Waals surface area (Å²) in [4.78, 5) is 4.38. The van der Waals surface area contributed by atoms with Crippen molar-refractivity contribution >= 4 is 0 Å². The molecule has 2 rings (SSSR count). The van der Waals surface area contributed by atoms with E-state index < -0.39 is 0 Å². The van der Waals surface area contributed by atoms with Crippen molar-refractivity contribution in [2.45, 2.75) is 26.3 Å². The van der Waals surface area contributed by atoms with Crippen molar-refractivity contribution in [2.75, 3.05) is 0 Å². The molecule has 1 atom stereocenters. The van der Waals surface area contributed by atoms with E-state index in [0.717, 1.165) is 23.2 Å². The Bertz CT molecular complexity index is 569. The molecule has 0 saturated heterocycles. The maximum atomic E-state index is 13.7. The highest BCUT2D eigenvalue weighted by molar-refractivity contribution is 5.34. The van der Waals surface area contributed by atoms with Crippen molar-refractivity contribution in [3.63, 3.8) is 0 Å². The Balaban J connectivity index is 2.46. The topological polar surface area (TPSA) is 50.9 Å². The Kier molecular flexibility index (Phi) is 4.24. The molecule has 0 aliphatic rings. The van der Waals surface area contributed by atoms with Gasteiger partial charge in [-0.3, -0.25) is 10.8 Å². The van der Waals surface area contributed by atoms with Gasteiger partial charge in [0.15, 0.2) is 0 Å². The largest absolute Gasteiger partial charge is 0.271 e. The van der Waals surface area contributed by atoms with Crippen LogP contribution in [0.25, 0.3) is 0 Å². The Morgan fingerprint density at radius 3 is 2.79 bits per heavy atom. The lowest BCUT2D eigenvalue weighted by atomic mass is 9.98. The molecule has 1 aromatic heterocycles. The molecule has 3 nitrogen and oxygen atoms in total. The van der Waals surface area contributed by atoms with E-state index in [-0.39, 0.29) is 11.9 Å². The van der Waals surface area contributed by atoms with Crippen LogP contribution in [-0.4, -0.2) is 4.98 Å². The van der Waals surface area contributed by atoms with Crippen LogP contribution in [0.5, 0.6) is 0 Å². The lowest BCUT2D eigenvalue weighted by Crippen LogP contribution is -2.30. The van der Waals surface area contributed by atoms with Crippen LogP contribution in [0.2, 0.25) is 0 Å². The molecule has 0 fully saturated rings. The predicted molar refractivity (Wildman–Crippen MR) is 73.9 cm³/mol. The summed E-state index contributed by atoms with van der Waals surface area (Å²) in [6.45, 7) is 3.80. The number of hydrogen-bond donors (Lipinski definition) is 2. The third-order valence-electron chi connectivity index (χ3n) is 3.28. The highest BCUT2D eigenvalue weighted by Gasteiger charge is 2.17. The molecule has 0 saturated carbocycles. The SMILES string of the molecule is CCc1cccnc1C(NN)c1ccc(C)c(F)c1. The number of nitrogens with two attached hydrogens (primary N) is 1. The number of aryl methyl sites for hydroxylation is 2. The number of nitrogens with one attached hydrogen (secondary N) is 1. The quantitative estimate of drug-likeness (QED) is 0.655. The molecular formula is C15H18FN3. The maximum absolute atomic E-state index is 13.7. The molecule has 3 N–H and O–H groups in total. The minimum atomic E-state index is -0.300. The molecule has 100 valence electrons. The van der Waals surface area contributed by atoms with Crippen LogP contribution in [0.15, 0.2) is 36.5 Å². The number of halogens is 1. The van der Waals surface area contributed by atoms with Gasteiger partial charge in [0.05, 0.1) is 11.7 Å². The first-order valence-corrected chi connectivity index (χ1v) is 6.33. The van der Waals surface area contributed by atoms with Crippen molar-refractivity contribution in [3.05, 3.63) is 64.7 Å². The lowest BCUT2D eigenvalue weighted by molar-refractivity contribution is 0.590. The molecule has 19 heavy (non-hydrogen) atoms. The second kappa shape index (κ2) is 5.91. The van der Waals surface area contributed by atoms with Gasteiger partial charge in [0.25, 0.3) is 0 Å². The molecule has 0 aliphatic carbocycles. The molecule has 0 spiro atoms. The van der Waals surface area contributed by atoms with E-state index in [0.29, 0.717) is 5.56 Å². The van der Waals surface area contributed by atoms with Gasteiger partial charge in [-0.1, -0.05) is 25.1 Å². The van der Waals surface area contributed by atoms with Crippen LogP contribution in [0.4, 0.5) is 4.39 Å². The van der Waals surface area contributed by atoms with Crippen molar-refractivity contribution < 1.29 is 4.39 Å². The zero-order chi connectivity index (χ0) is 13.8. The molecule has 1 heterocycles. The van der Waals surface area contributed by atoms with Crippen LogP contribution in [-0.2, 0) is 6.42 Å². The van der Waals surface area contributed by atoms with Gasteiger partial charge in [-0.05, 0) is 42.2 Å². The van der Waals surface area contributed by atoms with Gasteiger partial charge in [-0.25, -0.2) is 9.82 Å². The number of benzene rings is 1. The number of pyridine rings is 1. The summed E-state index contributed by atoms with van der Waals surface area (Å²) in [5, 5.41) is 0. The van der Waals surface area contributed by atoms with E-state index in [4.69, 9.17) is 5.84 Å². The monoisotopic (exact) mass is 259 g/mol. The van der Waals surface area contributed by atoms with Crippen molar-refractivity contribution in [1.82, 2.24) is 10.4 Å². The molecular weight excluding hydrogens is 241 g/mol. The van der Waals surface area contributed by atoms with E-state index in [9.17, 15) is 4.39 Å².